The molecule has 0 aliphatic heterocycles. The Balaban J connectivity index is 2.90. The van der Waals surface area contributed by atoms with Crippen LogP contribution in [0.4, 0.5) is 11.8 Å². The van der Waals surface area contributed by atoms with Crippen molar-refractivity contribution in [1.29, 1.82) is 0 Å². The number of aromatic nitrogens is 2. The quantitative estimate of drug-likeness (QED) is 0.844. The molecule has 1 N–H and O–H groups in total. The van der Waals surface area contributed by atoms with Crippen molar-refractivity contribution in [3.8, 4) is 0 Å². The van der Waals surface area contributed by atoms with E-state index in [-0.39, 0.29) is 0 Å². The molecule has 1 aromatic rings. The second-order valence-electron chi connectivity index (χ2n) is 4.15. The van der Waals surface area contributed by atoms with Crippen LogP contribution in [0, 0.1) is 6.92 Å². The second-order valence-corrected chi connectivity index (χ2v) is 5.06. The van der Waals surface area contributed by atoms with Crippen LogP contribution in [-0.4, -0.2) is 41.6 Å². The van der Waals surface area contributed by atoms with Crippen LogP contribution in [0.15, 0.2) is 6.20 Å². The summed E-state index contributed by atoms with van der Waals surface area (Å²) < 4.78 is 0. The van der Waals surface area contributed by atoms with Crippen LogP contribution in [-0.2, 0) is 0 Å². The van der Waals surface area contributed by atoms with Crippen molar-refractivity contribution in [2.75, 3.05) is 35.8 Å². The summed E-state index contributed by atoms with van der Waals surface area (Å²) in [5.74, 6) is 2.81. The largest absolute Gasteiger partial charge is 0.356 e. The molecule has 5 heteroatoms. The number of anilines is 2. The van der Waals surface area contributed by atoms with Gasteiger partial charge in [-0.05, 0) is 27.0 Å². The minimum absolute atomic E-state index is 0.466. The third-order valence-electron chi connectivity index (χ3n) is 2.68. The molecule has 0 aromatic carbocycles. The highest BCUT2D eigenvalue weighted by Gasteiger charge is 2.14. The van der Waals surface area contributed by atoms with Gasteiger partial charge in [0.2, 0.25) is 5.95 Å². The molecule has 0 radical (unpaired) electrons. The fraction of sp³-hybridized carbons (Fsp3) is 0.667. The van der Waals surface area contributed by atoms with Gasteiger partial charge < -0.3 is 10.2 Å². The molecule has 0 saturated heterocycles. The summed E-state index contributed by atoms with van der Waals surface area (Å²) in [5.41, 5.74) is 1.11. The summed E-state index contributed by atoms with van der Waals surface area (Å²) in [5, 5.41) is 3.15. The van der Waals surface area contributed by atoms with Crippen LogP contribution in [0.2, 0.25) is 0 Å². The van der Waals surface area contributed by atoms with Gasteiger partial charge in [0.05, 0.1) is 0 Å². The zero-order chi connectivity index (χ0) is 12.8. The van der Waals surface area contributed by atoms with Gasteiger partial charge in [0.15, 0.2) is 0 Å². The molecular weight excluding hydrogens is 232 g/mol. The lowest BCUT2D eigenvalue weighted by Crippen LogP contribution is -2.32. The van der Waals surface area contributed by atoms with E-state index in [1.165, 1.54) is 0 Å². The Hall–Kier alpha value is -0.970. The summed E-state index contributed by atoms with van der Waals surface area (Å²) in [4.78, 5) is 11.0. The normalized spacial score (nSPS) is 12.3. The third kappa shape index (κ3) is 3.77. The summed E-state index contributed by atoms with van der Waals surface area (Å²) in [7, 11) is 2.09. The zero-order valence-corrected chi connectivity index (χ0v) is 12.1. The molecule has 1 aromatic heterocycles. The molecule has 1 heterocycles. The van der Waals surface area contributed by atoms with Crippen molar-refractivity contribution < 1.29 is 0 Å². The van der Waals surface area contributed by atoms with Crippen molar-refractivity contribution in [1.82, 2.24) is 9.97 Å². The highest BCUT2D eigenvalue weighted by molar-refractivity contribution is 7.98. The van der Waals surface area contributed by atoms with Crippen molar-refractivity contribution in [3.05, 3.63) is 11.8 Å². The predicted octanol–water partition coefficient (Wildman–Crippen LogP) is 2.40. The van der Waals surface area contributed by atoms with Gasteiger partial charge in [-0.2, -0.15) is 16.7 Å². The minimum atomic E-state index is 0.466. The highest BCUT2D eigenvalue weighted by atomic mass is 32.2. The van der Waals surface area contributed by atoms with Crippen LogP contribution in [0.1, 0.15) is 19.4 Å². The number of hydrogen-bond donors (Lipinski definition) is 1. The maximum absolute atomic E-state index is 4.56. The van der Waals surface area contributed by atoms with Gasteiger partial charge >= 0.3 is 0 Å². The molecule has 4 nitrogen and oxygen atoms in total. The average molecular weight is 254 g/mol. The molecule has 0 aliphatic carbocycles. The van der Waals surface area contributed by atoms with Crippen molar-refractivity contribution >= 4 is 23.5 Å². The summed E-state index contributed by atoms with van der Waals surface area (Å²) in [6, 6.07) is 0.466. The Kier molecular flexibility index (Phi) is 5.55. The number of nitrogens with one attached hydrogen (secondary N) is 1. The van der Waals surface area contributed by atoms with E-state index in [0.29, 0.717) is 12.0 Å². The molecule has 0 fully saturated rings. The van der Waals surface area contributed by atoms with Gasteiger partial charge in [-0.3, -0.25) is 0 Å². The Labute approximate surface area is 108 Å². The molecule has 17 heavy (non-hydrogen) atoms. The molecule has 1 rings (SSSR count). The minimum Gasteiger partial charge on any atom is -0.356 e. The Morgan fingerprint density at radius 1 is 1.53 bits per heavy atom. The average Bonchev–Trinajstić information content (AvgIpc) is 2.31. The summed E-state index contributed by atoms with van der Waals surface area (Å²) >= 11 is 1.85. The SMILES string of the molecule is CCNc1ncc(C)c(N(C)C(C)CSC)n1. The van der Waals surface area contributed by atoms with Gasteiger partial charge in [0, 0.05) is 37.1 Å². The van der Waals surface area contributed by atoms with Crippen molar-refractivity contribution in [2.45, 2.75) is 26.8 Å². The van der Waals surface area contributed by atoms with E-state index in [4.69, 9.17) is 0 Å². The van der Waals surface area contributed by atoms with E-state index < -0.39 is 0 Å². The topological polar surface area (TPSA) is 41.1 Å². The highest BCUT2D eigenvalue weighted by Crippen LogP contribution is 2.19. The first-order chi connectivity index (χ1) is 8.10. The Bertz CT molecular complexity index is 356. The first kappa shape index (κ1) is 14.1. The standard InChI is InChI=1S/C12H22N4S/c1-6-13-12-14-7-9(2)11(15-12)16(4)10(3)8-17-5/h7,10H,6,8H2,1-5H3,(H,13,14,15). The smallest absolute Gasteiger partial charge is 0.224 e. The molecule has 0 amide bonds. The number of rotatable bonds is 6. The summed E-state index contributed by atoms with van der Waals surface area (Å²) in [6.45, 7) is 7.15. The lowest BCUT2D eigenvalue weighted by Gasteiger charge is -2.26. The molecule has 1 atom stereocenters. The maximum Gasteiger partial charge on any atom is 0.224 e. The fourth-order valence-electron chi connectivity index (χ4n) is 1.60. The van der Waals surface area contributed by atoms with E-state index in [2.05, 4.69) is 40.4 Å². The lowest BCUT2D eigenvalue weighted by molar-refractivity contribution is 0.748. The molecule has 1 unspecified atom stereocenters. The van der Waals surface area contributed by atoms with Crippen molar-refractivity contribution in [3.63, 3.8) is 0 Å². The van der Waals surface area contributed by atoms with Gasteiger partial charge in [-0.1, -0.05) is 0 Å². The molecule has 0 aliphatic rings. The fourth-order valence-corrected chi connectivity index (χ4v) is 2.30. The number of thioether (sulfide) groups is 1. The lowest BCUT2D eigenvalue weighted by atomic mass is 10.3. The van der Waals surface area contributed by atoms with E-state index in [1.807, 2.05) is 31.8 Å². The first-order valence-corrected chi connectivity index (χ1v) is 7.28. The molecule has 0 spiro atoms. The molecule has 0 saturated carbocycles. The van der Waals surface area contributed by atoms with E-state index in [1.54, 1.807) is 0 Å². The van der Waals surface area contributed by atoms with Crippen molar-refractivity contribution in [2.24, 2.45) is 0 Å². The van der Waals surface area contributed by atoms with Gasteiger partial charge in [-0.15, -0.1) is 0 Å². The van der Waals surface area contributed by atoms with Crippen LogP contribution >= 0.6 is 11.8 Å². The Morgan fingerprint density at radius 2 is 2.24 bits per heavy atom. The van der Waals surface area contributed by atoms with Crippen LogP contribution in [0.3, 0.4) is 0 Å². The first-order valence-electron chi connectivity index (χ1n) is 5.89. The monoisotopic (exact) mass is 254 g/mol. The molecular formula is C12H22N4S. The van der Waals surface area contributed by atoms with Crippen LogP contribution < -0.4 is 10.2 Å². The van der Waals surface area contributed by atoms with Gasteiger partial charge in [0.1, 0.15) is 5.82 Å². The second kappa shape index (κ2) is 6.69. The van der Waals surface area contributed by atoms with Gasteiger partial charge in [0.25, 0.3) is 0 Å². The number of aryl methyl sites for hydroxylation is 1. The predicted molar refractivity (Wildman–Crippen MR) is 77.2 cm³/mol. The third-order valence-corrected chi connectivity index (χ3v) is 3.50. The zero-order valence-electron chi connectivity index (χ0n) is 11.3. The van der Waals surface area contributed by atoms with Crippen LogP contribution in [0.25, 0.3) is 0 Å². The number of hydrogen-bond acceptors (Lipinski definition) is 5. The summed E-state index contributed by atoms with van der Waals surface area (Å²) in [6.07, 6.45) is 4.00. The number of nitrogens with zero attached hydrogens (tertiary/aromatic N) is 3. The van der Waals surface area contributed by atoms with E-state index in [9.17, 15) is 0 Å². The maximum atomic E-state index is 4.56. The molecule has 0 bridgehead atoms. The van der Waals surface area contributed by atoms with E-state index >= 15 is 0 Å². The molecule has 96 valence electrons. The van der Waals surface area contributed by atoms with E-state index in [0.717, 1.165) is 23.7 Å². The Morgan fingerprint density at radius 3 is 2.82 bits per heavy atom. The van der Waals surface area contributed by atoms with Gasteiger partial charge in [-0.25, -0.2) is 4.98 Å². The van der Waals surface area contributed by atoms with Crippen LogP contribution in [0.5, 0.6) is 0 Å².